The lowest BCUT2D eigenvalue weighted by Gasteiger charge is -2.45. The number of nitrogens with one attached hydrogen (secondary N) is 1. The van der Waals surface area contributed by atoms with Crippen LogP contribution in [0.5, 0.6) is 0 Å². The molecule has 6 rings (SSSR count). The van der Waals surface area contributed by atoms with E-state index in [1.165, 1.54) is 19.2 Å². The lowest BCUT2D eigenvalue weighted by molar-refractivity contribution is 0.148. The molecule has 10 nitrogen and oxygen atoms in total. The summed E-state index contributed by atoms with van der Waals surface area (Å²) in [5.74, 6) is 2.28. The molecule has 1 saturated carbocycles. The number of thiophene rings is 1. The smallest absolute Gasteiger partial charge is 0.248 e. The van der Waals surface area contributed by atoms with Crippen LogP contribution in [-0.4, -0.2) is 65.8 Å². The van der Waals surface area contributed by atoms with Gasteiger partial charge in [0.1, 0.15) is 12.1 Å². The maximum atomic E-state index is 6.18. The van der Waals surface area contributed by atoms with Gasteiger partial charge >= 0.3 is 0 Å². The molecule has 1 unspecified atom stereocenters. The molecule has 2 fully saturated rings. The molecule has 4 aromatic rings. The minimum absolute atomic E-state index is 0.259. The number of anilines is 4. The van der Waals surface area contributed by atoms with Crippen LogP contribution in [0.1, 0.15) is 32.3 Å². The first-order valence-corrected chi connectivity index (χ1v) is 12.5. The molecule has 0 amide bonds. The Labute approximate surface area is 201 Å². The molecular weight excluding hydrogens is 448 g/mol. The second-order valence-electron chi connectivity index (χ2n) is 9.17. The SMILES string of the molecule is Cc1csc2c(-n3nc(Nc4ccc(N5CCN(C6CC6)[C@@H](C)C5C)nc4)nc3N)ncnc12. The summed E-state index contributed by atoms with van der Waals surface area (Å²) >= 11 is 1.57. The van der Waals surface area contributed by atoms with Gasteiger partial charge in [0.2, 0.25) is 11.9 Å². The zero-order valence-corrected chi connectivity index (χ0v) is 20.3. The number of aryl methyl sites for hydroxylation is 1. The molecule has 5 heterocycles. The predicted molar refractivity (Wildman–Crippen MR) is 135 cm³/mol. The number of aromatic nitrogens is 6. The molecule has 176 valence electrons. The largest absolute Gasteiger partial charge is 0.368 e. The van der Waals surface area contributed by atoms with Gasteiger partial charge in [-0.25, -0.2) is 15.0 Å². The van der Waals surface area contributed by atoms with Gasteiger partial charge in [-0.2, -0.15) is 9.67 Å². The molecule has 0 bridgehead atoms. The number of nitrogen functional groups attached to an aromatic ring is 1. The van der Waals surface area contributed by atoms with Crippen molar-refractivity contribution in [3.8, 4) is 5.82 Å². The lowest BCUT2D eigenvalue weighted by Crippen LogP contribution is -2.58. The van der Waals surface area contributed by atoms with E-state index in [9.17, 15) is 0 Å². The van der Waals surface area contributed by atoms with E-state index < -0.39 is 0 Å². The number of hydrogen-bond donors (Lipinski definition) is 2. The van der Waals surface area contributed by atoms with E-state index in [-0.39, 0.29) is 5.95 Å². The van der Waals surface area contributed by atoms with Crippen molar-refractivity contribution in [2.45, 2.75) is 51.7 Å². The maximum Gasteiger partial charge on any atom is 0.248 e. The van der Waals surface area contributed by atoms with Crippen molar-refractivity contribution in [2.75, 3.05) is 29.0 Å². The van der Waals surface area contributed by atoms with E-state index in [0.29, 0.717) is 23.8 Å². The van der Waals surface area contributed by atoms with E-state index in [4.69, 9.17) is 10.7 Å². The van der Waals surface area contributed by atoms with Crippen LogP contribution in [0.4, 0.5) is 23.4 Å². The van der Waals surface area contributed by atoms with E-state index >= 15 is 0 Å². The quantitative estimate of drug-likeness (QED) is 0.447. The summed E-state index contributed by atoms with van der Waals surface area (Å²) in [7, 11) is 0. The van der Waals surface area contributed by atoms with Crippen LogP contribution >= 0.6 is 11.3 Å². The van der Waals surface area contributed by atoms with Gasteiger partial charge in [0.15, 0.2) is 5.82 Å². The number of rotatable bonds is 5. The molecule has 11 heteroatoms. The second-order valence-corrected chi connectivity index (χ2v) is 10.1. The fraction of sp³-hybridized carbons (Fsp3) is 0.435. The Kier molecular flexibility index (Phi) is 5.10. The second kappa shape index (κ2) is 8.17. The van der Waals surface area contributed by atoms with E-state index in [1.807, 2.05) is 19.2 Å². The third-order valence-corrected chi connectivity index (χ3v) is 8.05. The minimum atomic E-state index is 0.259. The first-order valence-electron chi connectivity index (χ1n) is 11.7. The zero-order chi connectivity index (χ0) is 23.4. The summed E-state index contributed by atoms with van der Waals surface area (Å²) in [5.41, 5.74) is 8.99. The van der Waals surface area contributed by atoms with Gasteiger partial charge in [-0.3, -0.25) is 4.90 Å². The van der Waals surface area contributed by atoms with Crippen molar-refractivity contribution < 1.29 is 0 Å². The van der Waals surface area contributed by atoms with Crippen LogP contribution in [0.2, 0.25) is 0 Å². The van der Waals surface area contributed by atoms with Crippen LogP contribution in [-0.2, 0) is 0 Å². The van der Waals surface area contributed by atoms with Gasteiger partial charge < -0.3 is 16.0 Å². The predicted octanol–water partition coefficient (Wildman–Crippen LogP) is 3.36. The zero-order valence-electron chi connectivity index (χ0n) is 19.5. The Morgan fingerprint density at radius 3 is 2.71 bits per heavy atom. The highest BCUT2D eigenvalue weighted by atomic mass is 32.1. The Morgan fingerprint density at radius 1 is 1.09 bits per heavy atom. The number of hydrogen-bond acceptors (Lipinski definition) is 10. The fourth-order valence-electron chi connectivity index (χ4n) is 4.81. The van der Waals surface area contributed by atoms with Crippen LogP contribution in [0.25, 0.3) is 16.0 Å². The van der Waals surface area contributed by atoms with Crippen LogP contribution in [0.15, 0.2) is 30.0 Å². The van der Waals surface area contributed by atoms with Crippen LogP contribution < -0.4 is 16.0 Å². The van der Waals surface area contributed by atoms with E-state index in [0.717, 1.165) is 46.4 Å². The Bertz CT molecular complexity index is 1330. The van der Waals surface area contributed by atoms with Crippen molar-refractivity contribution in [3.05, 3.63) is 35.6 Å². The maximum absolute atomic E-state index is 6.18. The summed E-state index contributed by atoms with van der Waals surface area (Å²) in [5, 5.41) is 9.81. The highest BCUT2D eigenvalue weighted by molar-refractivity contribution is 7.17. The first-order chi connectivity index (χ1) is 16.5. The highest BCUT2D eigenvalue weighted by Gasteiger charge is 2.39. The van der Waals surface area contributed by atoms with Gasteiger partial charge in [-0.15, -0.1) is 16.4 Å². The van der Waals surface area contributed by atoms with Gasteiger partial charge in [0.25, 0.3) is 0 Å². The molecule has 0 aromatic carbocycles. The van der Waals surface area contributed by atoms with Gasteiger partial charge in [0.05, 0.1) is 22.1 Å². The standard InChI is InChI=1S/C23H28N10S/c1-13-11-34-20-19(13)26-12-27-21(20)33-22(24)29-23(30-33)28-16-4-7-18(25-10-16)32-9-8-31(17-5-6-17)14(2)15(32)3/h4,7,10-12,14-15,17H,5-6,8-9H2,1-3H3,(H3,24,28,29,30)/t14-,15?/m0/s1. The molecule has 1 aliphatic carbocycles. The van der Waals surface area contributed by atoms with E-state index in [2.05, 4.69) is 60.5 Å². The Morgan fingerprint density at radius 2 is 1.94 bits per heavy atom. The van der Waals surface area contributed by atoms with Gasteiger partial charge in [-0.05, 0) is 56.7 Å². The molecule has 2 atom stereocenters. The van der Waals surface area contributed by atoms with Gasteiger partial charge in [-0.1, -0.05) is 0 Å². The van der Waals surface area contributed by atoms with Crippen LogP contribution in [0, 0.1) is 6.92 Å². The number of pyridine rings is 1. The summed E-state index contributed by atoms with van der Waals surface area (Å²) < 4.78 is 2.48. The monoisotopic (exact) mass is 476 g/mol. The molecule has 0 spiro atoms. The Balaban J connectivity index is 1.19. The average Bonchev–Trinajstić information content (AvgIpc) is 3.52. The Hall–Kier alpha value is -3.31. The first kappa shape index (κ1) is 21.2. The number of nitrogens with two attached hydrogens (primary N) is 1. The molecule has 2 aliphatic rings. The summed E-state index contributed by atoms with van der Waals surface area (Å²) in [6, 6.07) is 5.80. The highest BCUT2D eigenvalue weighted by Crippen LogP contribution is 2.33. The molecule has 34 heavy (non-hydrogen) atoms. The number of nitrogens with zero attached hydrogens (tertiary/aromatic N) is 8. The van der Waals surface area contributed by atoms with Crippen molar-refractivity contribution in [1.82, 2.24) is 34.6 Å². The number of fused-ring (bicyclic) bond motifs is 1. The lowest BCUT2D eigenvalue weighted by atomic mass is 10.0. The topological polar surface area (TPSA) is 114 Å². The molecule has 1 saturated heterocycles. The molecular formula is C23H28N10S. The van der Waals surface area contributed by atoms with Crippen molar-refractivity contribution >= 4 is 45.0 Å². The van der Waals surface area contributed by atoms with Crippen LogP contribution in [0.3, 0.4) is 0 Å². The third kappa shape index (κ3) is 3.64. The average molecular weight is 477 g/mol. The van der Waals surface area contributed by atoms with Gasteiger partial charge in [0, 0.05) is 31.2 Å². The van der Waals surface area contributed by atoms with Crippen molar-refractivity contribution in [3.63, 3.8) is 0 Å². The normalized spacial score (nSPS) is 21.3. The molecule has 1 aliphatic heterocycles. The summed E-state index contributed by atoms with van der Waals surface area (Å²) in [6.45, 7) is 8.75. The molecule has 3 N–H and O–H groups in total. The molecule has 4 aromatic heterocycles. The summed E-state index contributed by atoms with van der Waals surface area (Å²) in [4.78, 5) is 22.9. The fourth-order valence-corrected chi connectivity index (χ4v) is 5.79. The molecule has 0 radical (unpaired) electrons. The minimum Gasteiger partial charge on any atom is -0.368 e. The summed E-state index contributed by atoms with van der Waals surface area (Å²) in [6.07, 6.45) is 6.04. The van der Waals surface area contributed by atoms with Crippen molar-refractivity contribution in [1.29, 1.82) is 0 Å². The van der Waals surface area contributed by atoms with Crippen molar-refractivity contribution in [2.24, 2.45) is 0 Å². The number of piperazine rings is 1. The third-order valence-electron chi connectivity index (χ3n) is 6.97. The van der Waals surface area contributed by atoms with E-state index in [1.54, 1.807) is 16.0 Å².